The molecule has 2 aromatic rings. The molecule has 7 nitrogen and oxygen atoms in total. The number of rotatable bonds is 8. The van der Waals surface area contributed by atoms with E-state index in [0.717, 1.165) is 17.1 Å². The van der Waals surface area contributed by atoms with Gasteiger partial charge in [-0.15, -0.1) is 24.0 Å². The number of hydrogen-bond acceptors (Lipinski definition) is 5. The zero-order valence-corrected chi connectivity index (χ0v) is 19.6. The summed E-state index contributed by atoms with van der Waals surface area (Å²) < 4.78 is 16.8. The van der Waals surface area contributed by atoms with Crippen molar-refractivity contribution in [3.63, 3.8) is 0 Å². The summed E-state index contributed by atoms with van der Waals surface area (Å²) in [4.78, 5) is 8.49. The molecule has 1 heterocycles. The highest BCUT2D eigenvalue weighted by Gasteiger charge is 2.19. The summed E-state index contributed by atoms with van der Waals surface area (Å²) in [6, 6.07) is 7.84. The third-order valence-corrected chi connectivity index (χ3v) is 3.91. The number of nitrogens with one attached hydrogen (secondary N) is 2. The van der Waals surface area contributed by atoms with E-state index < -0.39 is 0 Å². The van der Waals surface area contributed by atoms with Gasteiger partial charge in [0.25, 0.3) is 0 Å². The fourth-order valence-electron chi connectivity index (χ4n) is 2.36. The van der Waals surface area contributed by atoms with Gasteiger partial charge in [-0.2, -0.15) is 0 Å². The van der Waals surface area contributed by atoms with Gasteiger partial charge in [-0.3, -0.25) is 4.99 Å². The summed E-state index contributed by atoms with van der Waals surface area (Å²) in [6.07, 6.45) is 1.78. The molecule has 0 amide bonds. The zero-order chi connectivity index (χ0) is 19.7. The second-order valence-electron chi connectivity index (χ2n) is 7.09. The number of ether oxygens (including phenoxy) is 2. The van der Waals surface area contributed by atoms with Crippen molar-refractivity contribution in [2.24, 2.45) is 4.99 Å². The molecule has 0 aliphatic carbocycles. The van der Waals surface area contributed by atoms with E-state index in [2.05, 4.69) is 41.4 Å². The molecule has 1 aromatic heterocycles. The Morgan fingerprint density at radius 3 is 2.61 bits per heavy atom. The van der Waals surface area contributed by atoms with Crippen molar-refractivity contribution < 1.29 is 13.9 Å². The minimum Gasteiger partial charge on any atom is -0.496 e. The number of aliphatic imine (C=N–C) groups is 1. The Morgan fingerprint density at radius 2 is 1.96 bits per heavy atom. The molecule has 0 bridgehead atoms. The standard InChI is InChI=1S/C20H30N4O3.HI/c1-20(2,3)17-12-23-18(27-17)13-24-19(21-4)22-10-11-26-14-15-8-6-7-9-16(15)25-5;/h6-9,12H,10-11,13-14H2,1-5H3,(H2,21,22,24);1H. The molecule has 0 saturated heterocycles. The van der Waals surface area contributed by atoms with Crippen LogP contribution in [0.5, 0.6) is 5.75 Å². The third kappa shape index (κ3) is 7.67. The van der Waals surface area contributed by atoms with Gasteiger partial charge in [0.1, 0.15) is 11.5 Å². The van der Waals surface area contributed by atoms with E-state index in [1.807, 2.05) is 24.3 Å². The molecule has 28 heavy (non-hydrogen) atoms. The maximum Gasteiger partial charge on any atom is 0.213 e. The minimum absolute atomic E-state index is 0. The quantitative estimate of drug-likeness (QED) is 0.249. The van der Waals surface area contributed by atoms with Gasteiger partial charge in [0, 0.05) is 24.6 Å². The first-order chi connectivity index (χ1) is 12.9. The Morgan fingerprint density at radius 1 is 1.21 bits per heavy atom. The third-order valence-electron chi connectivity index (χ3n) is 3.91. The van der Waals surface area contributed by atoms with Crippen LogP contribution in [0.4, 0.5) is 0 Å². The highest BCUT2D eigenvalue weighted by atomic mass is 127. The van der Waals surface area contributed by atoms with Gasteiger partial charge >= 0.3 is 0 Å². The maximum absolute atomic E-state index is 5.76. The first-order valence-electron chi connectivity index (χ1n) is 9.03. The Labute approximate surface area is 184 Å². The van der Waals surface area contributed by atoms with Crippen LogP contribution in [0.1, 0.15) is 38.0 Å². The number of guanidine groups is 1. The van der Waals surface area contributed by atoms with Gasteiger partial charge in [0.05, 0.1) is 33.1 Å². The van der Waals surface area contributed by atoms with Crippen molar-refractivity contribution in [3.05, 3.63) is 47.7 Å². The fourth-order valence-corrected chi connectivity index (χ4v) is 2.36. The average molecular weight is 502 g/mol. The van der Waals surface area contributed by atoms with Crippen molar-refractivity contribution in [1.29, 1.82) is 0 Å². The molecule has 1 aromatic carbocycles. The van der Waals surface area contributed by atoms with Crippen molar-refractivity contribution in [1.82, 2.24) is 15.6 Å². The van der Waals surface area contributed by atoms with E-state index >= 15 is 0 Å². The van der Waals surface area contributed by atoms with Crippen LogP contribution in [0.15, 0.2) is 39.9 Å². The Bertz CT molecular complexity index is 741. The summed E-state index contributed by atoms with van der Waals surface area (Å²) >= 11 is 0. The lowest BCUT2D eigenvalue weighted by Gasteiger charge is -2.13. The monoisotopic (exact) mass is 502 g/mol. The van der Waals surface area contributed by atoms with Crippen LogP contribution >= 0.6 is 24.0 Å². The maximum atomic E-state index is 5.76. The van der Waals surface area contributed by atoms with Crippen LogP contribution in [-0.2, 0) is 23.3 Å². The lowest BCUT2D eigenvalue weighted by atomic mass is 9.94. The van der Waals surface area contributed by atoms with Crippen LogP contribution in [0.2, 0.25) is 0 Å². The number of methoxy groups -OCH3 is 1. The van der Waals surface area contributed by atoms with Crippen molar-refractivity contribution in [2.45, 2.75) is 39.3 Å². The molecule has 0 radical (unpaired) electrons. The molecule has 0 spiro atoms. The van der Waals surface area contributed by atoms with E-state index in [9.17, 15) is 0 Å². The molecule has 2 N–H and O–H groups in total. The van der Waals surface area contributed by atoms with Gasteiger partial charge in [-0.25, -0.2) is 4.98 Å². The predicted octanol–water partition coefficient (Wildman–Crippen LogP) is 3.48. The van der Waals surface area contributed by atoms with Gasteiger partial charge in [-0.1, -0.05) is 39.0 Å². The minimum atomic E-state index is -0.0516. The van der Waals surface area contributed by atoms with Crippen molar-refractivity contribution >= 4 is 29.9 Å². The summed E-state index contributed by atoms with van der Waals surface area (Å²) in [5.41, 5.74) is 0.977. The second-order valence-corrected chi connectivity index (χ2v) is 7.09. The molecule has 0 saturated carbocycles. The number of hydrogen-bond donors (Lipinski definition) is 2. The SMILES string of the molecule is CN=C(NCCOCc1ccccc1OC)NCc1ncc(C(C)(C)C)o1.I. The largest absolute Gasteiger partial charge is 0.496 e. The van der Waals surface area contributed by atoms with E-state index in [0.29, 0.717) is 38.2 Å². The molecule has 0 aliphatic rings. The average Bonchev–Trinajstić information content (AvgIpc) is 3.13. The lowest BCUT2D eigenvalue weighted by molar-refractivity contribution is 0.123. The summed E-state index contributed by atoms with van der Waals surface area (Å²) in [7, 11) is 3.38. The van der Waals surface area contributed by atoms with Gasteiger partial charge in [-0.05, 0) is 6.07 Å². The second kappa shape index (κ2) is 11.9. The normalized spacial score (nSPS) is 11.7. The van der Waals surface area contributed by atoms with Crippen LogP contribution in [0, 0.1) is 0 Å². The number of para-hydroxylation sites is 1. The Hall–Kier alpha value is -1.81. The number of benzene rings is 1. The molecule has 0 unspecified atom stereocenters. The number of oxazole rings is 1. The van der Waals surface area contributed by atoms with E-state index in [1.165, 1.54) is 0 Å². The molecule has 2 rings (SSSR count). The zero-order valence-electron chi connectivity index (χ0n) is 17.2. The highest BCUT2D eigenvalue weighted by Crippen LogP contribution is 2.22. The van der Waals surface area contributed by atoms with Crippen LogP contribution in [0.25, 0.3) is 0 Å². The van der Waals surface area contributed by atoms with Crippen molar-refractivity contribution in [2.75, 3.05) is 27.3 Å². The molecule has 156 valence electrons. The molecular weight excluding hydrogens is 471 g/mol. The molecule has 0 fully saturated rings. The fraction of sp³-hybridized carbons (Fsp3) is 0.500. The summed E-state index contributed by atoms with van der Waals surface area (Å²) in [6.45, 7) is 8.43. The number of aromatic nitrogens is 1. The Kier molecular flexibility index (Phi) is 10.3. The van der Waals surface area contributed by atoms with Crippen LogP contribution in [0.3, 0.4) is 0 Å². The number of nitrogens with zero attached hydrogens (tertiary/aromatic N) is 2. The van der Waals surface area contributed by atoms with E-state index in [4.69, 9.17) is 13.9 Å². The summed E-state index contributed by atoms with van der Waals surface area (Å²) in [5.74, 6) is 3.01. The Balaban J connectivity index is 0.00000392. The topological polar surface area (TPSA) is 80.9 Å². The highest BCUT2D eigenvalue weighted by molar-refractivity contribution is 14.0. The van der Waals surface area contributed by atoms with Gasteiger partial charge < -0.3 is 24.5 Å². The molecule has 0 atom stereocenters. The van der Waals surface area contributed by atoms with Crippen LogP contribution < -0.4 is 15.4 Å². The molecule has 0 aliphatic heterocycles. The number of halogens is 1. The van der Waals surface area contributed by atoms with E-state index in [-0.39, 0.29) is 29.4 Å². The van der Waals surface area contributed by atoms with Gasteiger partial charge in [0.15, 0.2) is 5.96 Å². The molecular formula is C20H31IN4O3. The summed E-state index contributed by atoms with van der Waals surface area (Å²) in [5, 5.41) is 6.39. The van der Waals surface area contributed by atoms with Crippen molar-refractivity contribution in [3.8, 4) is 5.75 Å². The van der Waals surface area contributed by atoms with Gasteiger partial charge in [0.2, 0.25) is 5.89 Å². The lowest BCUT2D eigenvalue weighted by Crippen LogP contribution is -2.38. The van der Waals surface area contributed by atoms with E-state index in [1.54, 1.807) is 20.4 Å². The molecule has 8 heteroatoms. The predicted molar refractivity (Wildman–Crippen MR) is 121 cm³/mol. The van der Waals surface area contributed by atoms with Crippen LogP contribution in [-0.4, -0.2) is 38.3 Å². The first-order valence-corrected chi connectivity index (χ1v) is 9.03. The smallest absolute Gasteiger partial charge is 0.213 e. The first kappa shape index (κ1) is 24.2.